The molecule has 0 aliphatic heterocycles. The molecule has 1 aliphatic carbocycles. The van der Waals surface area contributed by atoms with Crippen LogP contribution in [0.25, 0.3) is 11.0 Å². The summed E-state index contributed by atoms with van der Waals surface area (Å²) in [5.74, 6) is -1.90. The highest BCUT2D eigenvalue weighted by atomic mass is 19.1. The van der Waals surface area contributed by atoms with Crippen LogP contribution < -0.4 is 5.32 Å². The molecule has 37 heavy (non-hydrogen) atoms. The Morgan fingerprint density at radius 2 is 1.68 bits per heavy atom. The number of nitrogens with zero attached hydrogens (tertiary/aromatic N) is 4. The van der Waals surface area contributed by atoms with Crippen molar-refractivity contribution < 1.29 is 18.4 Å². The standard InChI is InChI=1S/C28H27F2N5O2/c29-20-15-13-19(14-16-20)17-34(26(36)18-35-25-12-6-5-11-24(25)32-33-35)27(22-9-3-4-10-23(22)30)28(37)31-21-7-1-2-8-21/h3-6,9-16,21,27H,1-2,7-8,17-18H2,(H,31,37)/t27-/m0/s1. The minimum absolute atomic E-state index is 0.0243. The number of rotatable bonds is 8. The van der Waals surface area contributed by atoms with Crippen molar-refractivity contribution in [1.29, 1.82) is 0 Å². The van der Waals surface area contributed by atoms with Gasteiger partial charge in [0.15, 0.2) is 0 Å². The number of carbonyl (C=O) groups excluding carboxylic acids is 2. The van der Waals surface area contributed by atoms with Gasteiger partial charge in [-0.2, -0.15) is 0 Å². The van der Waals surface area contributed by atoms with Gasteiger partial charge in [-0.3, -0.25) is 9.59 Å². The third-order valence-electron chi connectivity index (χ3n) is 6.75. The van der Waals surface area contributed by atoms with Gasteiger partial charge < -0.3 is 10.2 Å². The molecule has 1 aromatic heterocycles. The molecular formula is C28H27F2N5O2. The average molecular weight is 504 g/mol. The Balaban J connectivity index is 1.53. The van der Waals surface area contributed by atoms with Crippen molar-refractivity contribution >= 4 is 22.8 Å². The predicted molar refractivity (Wildman–Crippen MR) is 134 cm³/mol. The van der Waals surface area contributed by atoms with Gasteiger partial charge in [0.2, 0.25) is 11.8 Å². The van der Waals surface area contributed by atoms with E-state index in [2.05, 4.69) is 15.6 Å². The maximum atomic E-state index is 15.1. The van der Waals surface area contributed by atoms with Crippen LogP contribution in [0.3, 0.4) is 0 Å². The monoisotopic (exact) mass is 503 g/mol. The van der Waals surface area contributed by atoms with E-state index in [0.29, 0.717) is 16.6 Å². The summed E-state index contributed by atoms with van der Waals surface area (Å²) in [6, 6.07) is 17.6. The number of fused-ring (bicyclic) bond motifs is 1. The molecule has 0 saturated heterocycles. The first-order valence-electron chi connectivity index (χ1n) is 12.4. The SMILES string of the molecule is O=C(NC1CCCC1)[C@H](c1ccccc1F)N(Cc1ccc(F)cc1)C(=O)Cn1nnc2ccccc21. The smallest absolute Gasteiger partial charge is 0.247 e. The molecule has 1 aliphatic rings. The minimum atomic E-state index is -1.23. The van der Waals surface area contributed by atoms with E-state index in [9.17, 15) is 14.0 Å². The van der Waals surface area contributed by atoms with Crippen LogP contribution in [-0.2, 0) is 22.7 Å². The number of para-hydroxylation sites is 1. The molecular weight excluding hydrogens is 476 g/mol. The number of benzene rings is 3. The number of hydrogen-bond donors (Lipinski definition) is 1. The highest BCUT2D eigenvalue weighted by Crippen LogP contribution is 2.28. The van der Waals surface area contributed by atoms with Gasteiger partial charge in [-0.1, -0.05) is 60.5 Å². The van der Waals surface area contributed by atoms with Crippen molar-refractivity contribution in [3.8, 4) is 0 Å². The Morgan fingerprint density at radius 3 is 2.43 bits per heavy atom. The lowest BCUT2D eigenvalue weighted by Crippen LogP contribution is -2.47. The van der Waals surface area contributed by atoms with E-state index in [-0.39, 0.29) is 24.7 Å². The van der Waals surface area contributed by atoms with Crippen molar-refractivity contribution in [2.45, 2.75) is 50.9 Å². The van der Waals surface area contributed by atoms with E-state index in [0.717, 1.165) is 25.7 Å². The van der Waals surface area contributed by atoms with E-state index in [1.165, 1.54) is 33.8 Å². The van der Waals surface area contributed by atoms with Gasteiger partial charge in [0.25, 0.3) is 0 Å². The Hall–Kier alpha value is -4.14. The fourth-order valence-corrected chi connectivity index (χ4v) is 4.86. The largest absolute Gasteiger partial charge is 0.351 e. The van der Waals surface area contributed by atoms with Crippen molar-refractivity contribution in [1.82, 2.24) is 25.2 Å². The topological polar surface area (TPSA) is 80.1 Å². The molecule has 7 nitrogen and oxygen atoms in total. The maximum absolute atomic E-state index is 15.1. The second kappa shape index (κ2) is 10.9. The van der Waals surface area contributed by atoms with Gasteiger partial charge in [0.1, 0.15) is 29.7 Å². The molecule has 1 atom stereocenters. The quantitative estimate of drug-likeness (QED) is 0.383. The number of aromatic nitrogens is 3. The first-order chi connectivity index (χ1) is 18.0. The number of nitrogens with one attached hydrogen (secondary N) is 1. The zero-order chi connectivity index (χ0) is 25.8. The summed E-state index contributed by atoms with van der Waals surface area (Å²) < 4.78 is 30.2. The molecule has 3 aromatic carbocycles. The van der Waals surface area contributed by atoms with Crippen LogP contribution in [0.15, 0.2) is 72.8 Å². The van der Waals surface area contributed by atoms with E-state index >= 15 is 4.39 Å². The normalized spacial score (nSPS) is 14.5. The van der Waals surface area contributed by atoms with Crippen LogP contribution in [0.5, 0.6) is 0 Å². The first-order valence-corrected chi connectivity index (χ1v) is 12.4. The average Bonchev–Trinajstić information content (AvgIpc) is 3.56. The van der Waals surface area contributed by atoms with Crippen LogP contribution in [0.4, 0.5) is 8.78 Å². The zero-order valence-electron chi connectivity index (χ0n) is 20.2. The lowest BCUT2D eigenvalue weighted by Gasteiger charge is -2.32. The summed E-state index contributed by atoms with van der Waals surface area (Å²) in [7, 11) is 0. The summed E-state index contributed by atoms with van der Waals surface area (Å²) in [5.41, 5.74) is 1.99. The zero-order valence-corrected chi connectivity index (χ0v) is 20.2. The van der Waals surface area contributed by atoms with Gasteiger partial charge in [-0.25, -0.2) is 13.5 Å². The molecule has 0 bridgehead atoms. The number of carbonyl (C=O) groups is 2. The molecule has 9 heteroatoms. The summed E-state index contributed by atoms with van der Waals surface area (Å²) in [5, 5.41) is 11.2. The molecule has 4 aromatic rings. The molecule has 2 amide bonds. The maximum Gasteiger partial charge on any atom is 0.247 e. The van der Waals surface area contributed by atoms with Crippen LogP contribution in [0, 0.1) is 11.6 Å². The van der Waals surface area contributed by atoms with Crippen LogP contribution in [0.1, 0.15) is 42.9 Å². The summed E-state index contributed by atoms with van der Waals surface area (Å²) >= 11 is 0. The minimum Gasteiger partial charge on any atom is -0.351 e. The Bertz CT molecular complexity index is 1400. The van der Waals surface area contributed by atoms with Gasteiger partial charge in [0.05, 0.1) is 5.52 Å². The molecule has 1 fully saturated rings. The molecule has 5 rings (SSSR count). The van der Waals surface area contributed by atoms with E-state index in [1.54, 1.807) is 36.4 Å². The second-order valence-electron chi connectivity index (χ2n) is 9.30. The van der Waals surface area contributed by atoms with Crippen molar-refractivity contribution in [2.75, 3.05) is 0 Å². The third-order valence-corrected chi connectivity index (χ3v) is 6.75. The molecule has 1 saturated carbocycles. The Labute approximate surface area is 213 Å². The highest BCUT2D eigenvalue weighted by Gasteiger charge is 2.35. The van der Waals surface area contributed by atoms with Crippen LogP contribution >= 0.6 is 0 Å². The summed E-state index contributed by atoms with van der Waals surface area (Å²) in [4.78, 5) is 28.9. The van der Waals surface area contributed by atoms with Crippen LogP contribution in [-0.4, -0.2) is 37.7 Å². The molecule has 1 heterocycles. The van der Waals surface area contributed by atoms with Crippen molar-refractivity contribution in [2.24, 2.45) is 0 Å². The molecule has 190 valence electrons. The van der Waals surface area contributed by atoms with Crippen molar-refractivity contribution in [3.05, 3.63) is 95.6 Å². The fraction of sp³-hybridized carbons (Fsp3) is 0.286. The molecule has 0 radical (unpaired) electrons. The number of halogens is 2. The van der Waals surface area contributed by atoms with E-state index in [4.69, 9.17) is 0 Å². The molecule has 0 unspecified atom stereocenters. The van der Waals surface area contributed by atoms with Gasteiger partial charge in [0, 0.05) is 18.2 Å². The second-order valence-corrected chi connectivity index (χ2v) is 9.30. The lowest BCUT2D eigenvalue weighted by atomic mass is 10.0. The predicted octanol–water partition coefficient (Wildman–Crippen LogP) is 4.54. The highest BCUT2D eigenvalue weighted by molar-refractivity contribution is 5.89. The Morgan fingerprint density at radius 1 is 0.973 bits per heavy atom. The lowest BCUT2D eigenvalue weighted by molar-refractivity contribution is -0.142. The number of amides is 2. The Kier molecular flexibility index (Phi) is 7.20. The van der Waals surface area contributed by atoms with Gasteiger partial charge in [-0.05, 0) is 48.7 Å². The van der Waals surface area contributed by atoms with Gasteiger partial charge >= 0.3 is 0 Å². The summed E-state index contributed by atoms with van der Waals surface area (Å²) in [6.45, 7) is -0.230. The number of hydrogen-bond acceptors (Lipinski definition) is 4. The fourth-order valence-electron chi connectivity index (χ4n) is 4.86. The van der Waals surface area contributed by atoms with Gasteiger partial charge in [-0.15, -0.1) is 5.10 Å². The van der Waals surface area contributed by atoms with E-state index < -0.39 is 29.5 Å². The summed E-state index contributed by atoms with van der Waals surface area (Å²) in [6.07, 6.45) is 3.69. The van der Waals surface area contributed by atoms with Crippen molar-refractivity contribution in [3.63, 3.8) is 0 Å². The van der Waals surface area contributed by atoms with Crippen LogP contribution in [0.2, 0.25) is 0 Å². The molecule has 1 N–H and O–H groups in total. The third kappa shape index (κ3) is 5.50. The van der Waals surface area contributed by atoms with E-state index in [1.807, 2.05) is 12.1 Å². The first kappa shape index (κ1) is 24.5. The molecule has 0 spiro atoms.